The van der Waals surface area contributed by atoms with Crippen molar-refractivity contribution < 1.29 is 9.15 Å². The van der Waals surface area contributed by atoms with Gasteiger partial charge in [0.2, 0.25) is 0 Å². The van der Waals surface area contributed by atoms with Gasteiger partial charge in [0.1, 0.15) is 0 Å². The molecule has 3 nitrogen and oxygen atoms in total. The number of ether oxygens (including phenoxy) is 1. The van der Waals surface area contributed by atoms with Crippen LogP contribution < -0.4 is 5.73 Å². The van der Waals surface area contributed by atoms with Crippen LogP contribution in [-0.4, -0.2) is 18.8 Å². The molecule has 0 spiro atoms. The van der Waals surface area contributed by atoms with E-state index in [1.807, 2.05) is 13.0 Å². The average Bonchev–Trinajstić information content (AvgIpc) is 2.64. The Hall–Kier alpha value is -0.800. The highest BCUT2D eigenvalue weighted by molar-refractivity contribution is 5.08. The van der Waals surface area contributed by atoms with Crippen LogP contribution in [-0.2, 0) is 11.2 Å². The third kappa shape index (κ3) is 3.65. The molecule has 16 heavy (non-hydrogen) atoms. The maximum absolute atomic E-state index is 6.21. The summed E-state index contributed by atoms with van der Waals surface area (Å²) in [6.07, 6.45) is 4.27. The Morgan fingerprint density at radius 1 is 1.44 bits per heavy atom. The lowest BCUT2D eigenvalue weighted by Gasteiger charge is -2.34. The van der Waals surface area contributed by atoms with Gasteiger partial charge in [-0.3, -0.25) is 0 Å². The fraction of sp³-hybridized carbons (Fsp3) is 0.692. The molecule has 1 heterocycles. The molecule has 0 fully saturated rings. The van der Waals surface area contributed by atoms with Crippen molar-refractivity contribution in [2.45, 2.75) is 46.3 Å². The average molecular weight is 225 g/mol. The summed E-state index contributed by atoms with van der Waals surface area (Å²) in [5, 5.41) is 0. The van der Waals surface area contributed by atoms with Crippen molar-refractivity contribution in [1.29, 1.82) is 0 Å². The molecule has 3 heteroatoms. The molecule has 1 aromatic heterocycles. The van der Waals surface area contributed by atoms with Gasteiger partial charge in [0, 0.05) is 12.6 Å². The predicted molar refractivity (Wildman–Crippen MR) is 65.3 cm³/mol. The molecule has 2 unspecified atom stereocenters. The molecule has 0 saturated carbocycles. The van der Waals surface area contributed by atoms with Crippen LogP contribution in [0.15, 0.2) is 23.0 Å². The van der Waals surface area contributed by atoms with Crippen LogP contribution in [0.1, 0.15) is 33.3 Å². The van der Waals surface area contributed by atoms with E-state index in [1.165, 1.54) is 0 Å². The minimum Gasteiger partial charge on any atom is -0.472 e. The number of hydrogen-bond donors (Lipinski definition) is 1. The first kappa shape index (κ1) is 13.3. The molecular formula is C13H23NO2. The topological polar surface area (TPSA) is 48.4 Å². The van der Waals surface area contributed by atoms with Crippen LogP contribution in [0.25, 0.3) is 0 Å². The Balaban J connectivity index is 2.64. The van der Waals surface area contributed by atoms with Gasteiger partial charge < -0.3 is 14.9 Å². The van der Waals surface area contributed by atoms with Crippen LogP contribution in [0.2, 0.25) is 0 Å². The highest BCUT2D eigenvalue weighted by atomic mass is 16.5. The standard InChI is InChI=1S/C13H23NO2/c1-5-16-12(13(2,3)4)11(14)8-10-6-7-15-9-10/h6-7,9,11-12H,5,8,14H2,1-4H3. The van der Waals surface area contributed by atoms with Gasteiger partial charge >= 0.3 is 0 Å². The maximum Gasteiger partial charge on any atom is 0.0935 e. The zero-order valence-electron chi connectivity index (χ0n) is 10.7. The Morgan fingerprint density at radius 3 is 2.56 bits per heavy atom. The smallest absolute Gasteiger partial charge is 0.0935 e. The van der Waals surface area contributed by atoms with Crippen molar-refractivity contribution in [2.75, 3.05) is 6.61 Å². The van der Waals surface area contributed by atoms with Crippen LogP contribution >= 0.6 is 0 Å². The van der Waals surface area contributed by atoms with Gasteiger partial charge in [-0.2, -0.15) is 0 Å². The lowest BCUT2D eigenvalue weighted by molar-refractivity contribution is -0.0274. The number of rotatable bonds is 5. The summed E-state index contributed by atoms with van der Waals surface area (Å²) in [4.78, 5) is 0. The maximum atomic E-state index is 6.21. The summed E-state index contributed by atoms with van der Waals surface area (Å²) in [6.45, 7) is 9.16. The van der Waals surface area contributed by atoms with E-state index in [1.54, 1.807) is 12.5 Å². The minimum absolute atomic E-state index is 0.00227. The summed E-state index contributed by atoms with van der Waals surface area (Å²) in [5.41, 5.74) is 7.40. The largest absolute Gasteiger partial charge is 0.472 e. The summed E-state index contributed by atoms with van der Waals surface area (Å²) in [6, 6.07) is 1.95. The Kier molecular flexibility index (Phi) is 4.56. The number of furan rings is 1. The quantitative estimate of drug-likeness (QED) is 0.838. The molecule has 92 valence electrons. The van der Waals surface area contributed by atoms with Crippen LogP contribution in [0.3, 0.4) is 0 Å². The van der Waals surface area contributed by atoms with Gasteiger partial charge in [0.05, 0.1) is 18.6 Å². The van der Waals surface area contributed by atoms with E-state index in [4.69, 9.17) is 14.9 Å². The molecular weight excluding hydrogens is 202 g/mol. The fourth-order valence-electron chi connectivity index (χ4n) is 1.98. The molecule has 2 atom stereocenters. The number of hydrogen-bond acceptors (Lipinski definition) is 3. The molecule has 0 aromatic carbocycles. The van der Waals surface area contributed by atoms with Gasteiger partial charge in [0.25, 0.3) is 0 Å². The van der Waals surface area contributed by atoms with Gasteiger partial charge in [-0.25, -0.2) is 0 Å². The van der Waals surface area contributed by atoms with Crippen molar-refractivity contribution in [3.8, 4) is 0 Å². The first-order valence-electron chi connectivity index (χ1n) is 5.83. The molecule has 0 radical (unpaired) electrons. The molecule has 0 aliphatic rings. The van der Waals surface area contributed by atoms with E-state index in [2.05, 4.69) is 20.8 Å². The van der Waals surface area contributed by atoms with E-state index in [0.717, 1.165) is 12.0 Å². The van der Waals surface area contributed by atoms with E-state index in [9.17, 15) is 0 Å². The van der Waals surface area contributed by atoms with Gasteiger partial charge in [-0.15, -0.1) is 0 Å². The van der Waals surface area contributed by atoms with E-state index in [0.29, 0.717) is 6.61 Å². The first-order valence-corrected chi connectivity index (χ1v) is 5.83. The zero-order chi connectivity index (χ0) is 12.2. The molecule has 1 rings (SSSR count). The third-order valence-electron chi connectivity index (χ3n) is 2.64. The monoisotopic (exact) mass is 225 g/mol. The lowest BCUT2D eigenvalue weighted by Crippen LogP contribution is -2.46. The van der Waals surface area contributed by atoms with Gasteiger partial charge in [0.15, 0.2) is 0 Å². The third-order valence-corrected chi connectivity index (χ3v) is 2.64. The fourth-order valence-corrected chi connectivity index (χ4v) is 1.98. The van der Waals surface area contributed by atoms with Crippen molar-refractivity contribution in [2.24, 2.45) is 11.1 Å². The first-order chi connectivity index (χ1) is 7.45. The molecule has 0 bridgehead atoms. The van der Waals surface area contributed by atoms with Gasteiger partial charge in [-0.1, -0.05) is 20.8 Å². The summed E-state index contributed by atoms with van der Waals surface area (Å²) < 4.78 is 10.8. The molecule has 0 amide bonds. The van der Waals surface area contributed by atoms with Crippen LogP contribution in [0.5, 0.6) is 0 Å². The lowest BCUT2D eigenvalue weighted by atomic mass is 9.83. The SMILES string of the molecule is CCOC(C(N)Cc1ccoc1)C(C)(C)C. The number of nitrogens with two attached hydrogens (primary N) is 1. The summed E-state index contributed by atoms with van der Waals surface area (Å²) in [5.74, 6) is 0. The zero-order valence-corrected chi connectivity index (χ0v) is 10.7. The van der Waals surface area contributed by atoms with E-state index >= 15 is 0 Å². The van der Waals surface area contributed by atoms with Crippen LogP contribution in [0, 0.1) is 5.41 Å². The van der Waals surface area contributed by atoms with E-state index < -0.39 is 0 Å². The molecule has 0 saturated heterocycles. The Labute approximate surface area is 98.0 Å². The molecule has 0 aliphatic heterocycles. The Morgan fingerprint density at radius 2 is 2.12 bits per heavy atom. The normalized spacial score (nSPS) is 16.1. The second kappa shape index (κ2) is 5.51. The van der Waals surface area contributed by atoms with Crippen LogP contribution in [0.4, 0.5) is 0 Å². The predicted octanol–water partition coefficient (Wildman–Crippen LogP) is 2.60. The highest BCUT2D eigenvalue weighted by Crippen LogP contribution is 2.25. The molecule has 2 N–H and O–H groups in total. The van der Waals surface area contributed by atoms with Crippen molar-refractivity contribution in [3.63, 3.8) is 0 Å². The summed E-state index contributed by atoms with van der Waals surface area (Å²) >= 11 is 0. The van der Waals surface area contributed by atoms with E-state index in [-0.39, 0.29) is 17.6 Å². The van der Waals surface area contributed by atoms with Crippen molar-refractivity contribution in [1.82, 2.24) is 0 Å². The Bertz CT molecular complexity index is 287. The summed E-state index contributed by atoms with van der Waals surface area (Å²) in [7, 11) is 0. The van der Waals surface area contributed by atoms with Crippen molar-refractivity contribution in [3.05, 3.63) is 24.2 Å². The second-order valence-electron chi connectivity index (χ2n) is 5.24. The molecule has 1 aromatic rings. The molecule has 0 aliphatic carbocycles. The second-order valence-corrected chi connectivity index (χ2v) is 5.24. The minimum atomic E-state index is -0.00227. The highest BCUT2D eigenvalue weighted by Gasteiger charge is 2.30. The van der Waals surface area contributed by atoms with Crippen molar-refractivity contribution >= 4 is 0 Å². The van der Waals surface area contributed by atoms with Gasteiger partial charge in [-0.05, 0) is 30.4 Å².